The Kier molecular flexibility index (Phi) is 4.39. The van der Waals surface area contributed by atoms with Crippen LogP contribution in [-0.4, -0.2) is 13.9 Å². The molecule has 0 saturated carbocycles. The monoisotopic (exact) mass is 282 g/mol. The van der Waals surface area contributed by atoms with E-state index in [0.29, 0.717) is 5.56 Å². The van der Waals surface area contributed by atoms with Crippen molar-refractivity contribution in [3.8, 4) is 0 Å². The molecule has 0 aliphatic carbocycles. The summed E-state index contributed by atoms with van der Waals surface area (Å²) in [6.07, 6.45) is -1.00. The summed E-state index contributed by atoms with van der Waals surface area (Å²) in [6, 6.07) is 6.47. The summed E-state index contributed by atoms with van der Waals surface area (Å²) in [4.78, 5) is 0. The van der Waals surface area contributed by atoms with Gasteiger partial charge in [-0.3, -0.25) is 4.18 Å². The Morgan fingerprint density at radius 3 is 2.11 bits per heavy atom. The summed E-state index contributed by atoms with van der Waals surface area (Å²) in [7, 11) is -5.57. The standard InChI is InChI=1S/C11H13F3O3S/c1-3-10(9-6-4-8(2)5-7-9)17-18(15,16)11(12,13)14/h4-7,10H,3H2,1-2H3. The van der Waals surface area contributed by atoms with E-state index < -0.39 is 21.7 Å². The van der Waals surface area contributed by atoms with Gasteiger partial charge in [-0.15, -0.1) is 0 Å². The van der Waals surface area contributed by atoms with Gasteiger partial charge < -0.3 is 0 Å². The minimum Gasteiger partial charge on any atom is -0.255 e. The molecule has 0 amide bonds. The molecule has 102 valence electrons. The third-order valence-electron chi connectivity index (χ3n) is 2.35. The highest BCUT2D eigenvalue weighted by molar-refractivity contribution is 7.87. The van der Waals surface area contributed by atoms with Crippen LogP contribution in [0.15, 0.2) is 24.3 Å². The van der Waals surface area contributed by atoms with E-state index in [1.165, 1.54) is 0 Å². The average Bonchev–Trinajstić information content (AvgIpc) is 2.25. The Hall–Kier alpha value is -1.08. The Morgan fingerprint density at radius 1 is 1.22 bits per heavy atom. The van der Waals surface area contributed by atoms with Crippen molar-refractivity contribution < 1.29 is 25.8 Å². The van der Waals surface area contributed by atoms with Gasteiger partial charge in [-0.05, 0) is 18.9 Å². The van der Waals surface area contributed by atoms with Crippen molar-refractivity contribution in [2.24, 2.45) is 0 Å². The zero-order valence-electron chi connectivity index (χ0n) is 9.86. The number of rotatable bonds is 4. The molecule has 0 aromatic heterocycles. The quantitative estimate of drug-likeness (QED) is 0.628. The highest BCUT2D eigenvalue weighted by atomic mass is 32.2. The van der Waals surface area contributed by atoms with Crippen molar-refractivity contribution >= 4 is 10.1 Å². The Balaban J connectivity index is 2.96. The minimum atomic E-state index is -5.57. The zero-order chi connectivity index (χ0) is 14.0. The lowest BCUT2D eigenvalue weighted by molar-refractivity contribution is -0.0576. The van der Waals surface area contributed by atoms with E-state index >= 15 is 0 Å². The molecule has 18 heavy (non-hydrogen) atoms. The summed E-state index contributed by atoms with van der Waals surface area (Å²) in [6.45, 7) is 3.37. The van der Waals surface area contributed by atoms with Crippen molar-refractivity contribution in [3.05, 3.63) is 35.4 Å². The maximum absolute atomic E-state index is 12.2. The SMILES string of the molecule is CCC(OS(=O)(=O)C(F)(F)F)c1ccc(C)cc1. The van der Waals surface area contributed by atoms with Gasteiger partial charge in [0.25, 0.3) is 0 Å². The Bertz CT molecular complexity index is 491. The molecule has 7 heteroatoms. The van der Waals surface area contributed by atoms with Crippen LogP contribution >= 0.6 is 0 Å². The number of alkyl halides is 3. The zero-order valence-corrected chi connectivity index (χ0v) is 10.7. The first kappa shape index (κ1) is 15.0. The summed E-state index contributed by atoms with van der Waals surface area (Å²) >= 11 is 0. The van der Waals surface area contributed by atoms with Crippen LogP contribution in [0.1, 0.15) is 30.6 Å². The third kappa shape index (κ3) is 3.46. The normalized spacial score (nSPS) is 14.5. The predicted octanol–water partition coefficient (Wildman–Crippen LogP) is 3.31. The smallest absolute Gasteiger partial charge is 0.255 e. The molecule has 0 heterocycles. The molecule has 0 spiro atoms. The molecular weight excluding hydrogens is 269 g/mol. The fourth-order valence-electron chi connectivity index (χ4n) is 1.35. The second-order valence-electron chi connectivity index (χ2n) is 3.80. The van der Waals surface area contributed by atoms with Gasteiger partial charge in [0.05, 0.1) is 0 Å². The van der Waals surface area contributed by atoms with Gasteiger partial charge >= 0.3 is 15.6 Å². The maximum atomic E-state index is 12.2. The van der Waals surface area contributed by atoms with Gasteiger partial charge in [-0.25, -0.2) is 0 Å². The van der Waals surface area contributed by atoms with Gasteiger partial charge in [0, 0.05) is 0 Å². The number of hydrogen-bond donors (Lipinski definition) is 0. The third-order valence-corrected chi connectivity index (χ3v) is 3.40. The van der Waals surface area contributed by atoms with Crippen LogP contribution in [0.25, 0.3) is 0 Å². The summed E-state index contributed by atoms with van der Waals surface area (Å²) < 4.78 is 62.6. The lowest BCUT2D eigenvalue weighted by Crippen LogP contribution is -2.27. The fraction of sp³-hybridized carbons (Fsp3) is 0.455. The highest BCUT2D eigenvalue weighted by Gasteiger charge is 2.48. The van der Waals surface area contributed by atoms with Crippen molar-refractivity contribution in [1.82, 2.24) is 0 Å². The molecule has 1 unspecified atom stereocenters. The lowest BCUT2D eigenvalue weighted by Gasteiger charge is -2.17. The molecule has 0 fully saturated rings. The van der Waals surface area contributed by atoms with E-state index in [1.807, 2.05) is 6.92 Å². The fourth-order valence-corrected chi connectivity index (χ4v) is 2.01. The predicted molar refractivity (Wildman–Crippen MR) is 60.3 cm³/mol. The Morgan fingerprint density at radius 2 is 1.72 bits per heavy atom. The van der Waals surface area contributed by atoms with Gasteiger partial charge in [-0.1, -0.05) is 36.8 Å². The van der Waals surface area contributed by atoms with Crippen molar-refractivity contribution in [2.75, 3.05) is 0 Å². The molecule has 1 rings (SSSR count). The van der Waals surface area contributed by atoms with Crippen molar-refractivity contribution in [2.45, 2.75) is 31.9 Å². The topological polar surface area (TPSA) is 43.4 Å². The summed E-state index contributed by atoms with van der Waals surface area (Å²) in [5.74, 6) is 0. The molecule has 0 radical (unpaired) electrons. The molecule has 3 nitrogen and oxygen atoms in total. The van der Waals surface area contributed by atoms with E-state index in [2.05, 4.69) is 4.18 Å². The van der Waals surface area contributed by atoms with Gasteiger partial charge in [0.1, 0.15) is 6.10 Å². The number of benzene rings is 1. The maximum Gasteiger partial charge on any atom is 0.523 e. The lowest BCUT2D eigenvalue weighted by atomic mass is 10.1. The van der Waals surface area contributed by atoms with Crippen LogP contribution < -0.4 is 0 Å². The van der Waals surface area contributed by atoms with Crippen LogP contribution in [0.3, 0.4) is 0 Å². The first-order chi connectivity index (χ1) is 8.17. The van der Waals surface area contributed by atoms with Gasteiger partial charge in [-0.2, -0.15) is 21.6 Å². The largest absolute Gasteiger partial charge is 0.523 e. The molecule has 0 saturated heterocycles. The number of halogens is 3. The molecule has 0 aliphatic heterocycles. The second-order valence-corrected chi connectivity index (χ2v) is 5.37. The summed E-state index contributed by atoms with van der Waals surface area (Å²) in [5.41, 5.74) is -4.08. The Labute approximate surface area is 104 Å². The van der Waals surface area contributed by atoms with E-state index in [0.717, 1.165) is 5.56 Å². The van der Waals surface area contributed by atoms with Crippen LogP contribution in [0.5, 0.6) is 0 Å². The minimum absolute atomic E-state index is 0.123. The highest BCUT2D eigenvalue weighted by Crippen LogP contribution is 2.31. The number of aryl methyl sites for hydroxylation is 1. The van der Waals surface area contributed by atoms with Crippen LogP contribution in [0.4, 0.5) is 13.2 Å². The van der Waals surface area contributed by atoms with E-state index in [9.17, 15) is 21.6 Å². The van der Waals surface area contributed by atoms with Crippen LogP contribution in [0, 0.1) is 6.92 Å². The molecule has 1 aromatic carbocycles. The molecule has 1 atom stereocenters. The summed E-state index contributed by atoms with van der Waals surface area (Å²) in [5, 5.41) is 0. The average molecular weight is 282 g/mol. The van der Waals surface area contributed by atoms with E-state index in [4.69, 9.17) is 0 Å². The molecule has 0 N–H and O–H groups in total. The van der Waals surface area contributed by atoms with Crippen LogP contribution in [-0.2, 0) is 14.3 Å². The molecule has 1 aromatic rings. The first-order valence-electron chi connectivity index (χ1n) is 5.23. The van der Waals surface area contributed by atoms with Gasteiger partial charge in [0.2, 0.25) is 0 Å². The molecular formula is C11H13F3O3S. The van der Waals surface area contributed by atoms with E-state index in [1.54, 1.807) is 31.2 Å². The molecule has 0 bridgehead atoms. The second kappa shape index (κ2) is 5.27. The van der Waals surface area contributed by atoms with Crippen LogP contribution in [0.2, 0.25) is 0 Å². The van der Waals surface area contributed by atoms with Crippen molar-refractivity contribution in [1.29, 1.82) is 0 Å². The van der Waals surface area contributed by atoms with E-state index in [-0.39, 0.29) is 6.42 Å². The number of hydrogen-bond acceptors (Lipinski definition) is 3. The van der Waals surface area contributed by atoms with Crippen molar-refractivity contribution in [3.63, 3.8) is 0 Å². The van der Waals surface area contributed by atoms with Gasteiger partial charge in [0.15, 0.2) is 0 Å². The first-order valence-corrected chi connectivity index (χ1v) is 6.64. The molecule has 0 aliphatic rings.